The molecule has 0 aromatic carbocycles. The zero-order valence-corrected chi connectivity index (χ0v) is 8.89. The highest BCUT2D eigenvalue weighted by Gasteiger charge is 2.36. The second kappa shape index (κ2) is 4.24. The zero-order valence-electron chi connectivity index (χ0n) is 8.89. The van der Waals surface area contributed by atoms with Crippen LogP contribution in [0.3, 0.4) is 0 Å². The number of rotatable bonds is 2. The summed E-state index contributed by atoms with van der Waals surface area (Å²) in [5.74, 6) is 0. The fraction of sp³-hybridized carbons (Fsp3) is 0.636. The van der Waals surface area contributed by atoms with Crippen LogP contribution in [-0.2, 0) is 4.74 Å². The van der Waals surface area contributed by atoms with Gasteiger partial charge in [-0.05, 0) is 26.2 Å². The summed E-state index contributed by atoms with van der Waals surface area (Å²) in [4.78, 5) is 7.81. The van der Waals surface area contributed by atoms with Crippen LogP contribution < -0.4 is 0 Å². The van der Waals surface area contributed by atoms with E-state index < -0.39 is 11.7 Å². The van der Waals surface area contributed by atoms with E-state index in [1.807, 2.05) is 6.92 Å². The molecule has 0 bridgehead atoms. The van der Waals surface area contributed by atoms with Crippen molar-refractivity contribution in [2.24, 2.45) is 0 Å². The van der Waals surface area contributed by atoms with Gasteiger partial charge in [-0.3, -0.25) is 0 Å². The Morgan fingerprint density at radius 3 is 2.73 bits per heavy atom. The number of aromatic nitrogens is 2. The lowest BCUT2D eigenvalue weighted by Crippen LogP contribution is -2.39. The highest BCUT2D eigenvalue weighted by Crippen LogP contribution is 2.35. The molecular weight excluding hydrogens is 192 g/mol. The average Bonchev–Trinajstić information content (AvgIpc) is 2.30. The van der Waals surface area contributed by atoms with Crippen LogP contribution >= 0.6 is 0 Å². The molecule has 15 heavy (non-hydrogen) atoms. The minimum Gasteiger partial charge on any atom is -0.385 e. The number of hydrogen-bond donors (Lipinski definition) is 1. The van der Waals surface area contributed by atoms with E-state index in [2.05, 4.69) is 9.97 Å². The molecule has 2 rings (SSSR count). The van der Waals surface area contributed by atoms with Crippen molar-refractivity contribution < 1.29 is 9.84 Å². The standard InChI is InChI=1S/C11H16N2O2/c1-11(4-2-3-5-15-11)10(14)9-6-12-8-13-7-9/h6-8,10,14H,2-5H2,1H3. The van der Waals surface area contributed by atoms with Crippen LogP contribution in [0.4, 0.5) is 0 Å². The molecule has 1 aromatic heterocycles. The second-order valence-electron chi connectivity index (χ2n) is 4.19. The lowest BCUT2D eigenvalue weighted by molar-refractivity contribution is -0.138. The Morgan fingerprint density at radius 1 is 1.40 bits per heavy atom. The number of aliphatic hydroxyl groups is 1. The maximum atomic E-state index is 10.2. The van der Waals surface area contributed by atoms with Crippen molar-refractivity contribution in [2.45, 2.75) is 37.9 Å². The Labute approximate surface area is 89.3 Å². The first-order valence-corrected chi connectivity index (χ1v) is 5.29. The Balaban J connectivity index is 2.16. The number of nitrogens with zero attached hydrogens (tertiary/aromatic N) is 2. The van der Waals surface area contributed by atoms with Crippen molar-refractivity contribution in [3.05, 3.63) is 24.3 Å². The summed E-state index contributed by atoms with van der Waals surface area (Å²) in [7, 11) is 0. The summed E-state index contributed by atoms with van der Waals surface area (Å²) in [5.41, 5.74) is 0.241. The second-order valence-corrected chi connectivity index (χ2v) is 4.19. The number of ether oxygens (including phenoxy) is 1. The molecule has 1 aliphatic rings. The zero-order chi connectivity index (χ0) is 10.7. The summed E-state index contributed by atoms with van der Waals surface area (Å²) in [6, 6.07) is 0. The lowest BCUT2D eigenvalue weighted by atomic mass is 9.87. The Hall–Kier alpha value is -1.00. The third-order valence-electron chi connectivity index (χ3n) is 2.97. The highest BCUT2D eigenvalue weighted by molar-refractivity contribution is 5.12. The predicted octanol–water partition coefficient (Wildman–Crippen LogP) is 1.47. The highest BCUT2D eigenvalue weighted by atomic mass is 16.5. The molecule has 4 nitrogen and oxygen atoms in total. The van der Waals surface area contributed by atoms with Gasteiger partial charge in [0.2, 0.25) is 0 Å². The first-order valence-electron chi connectivity index (χ1n) is 5.29. The molecule has 0 saturated carbocycles. The minimum atomic E-state index is -0.640. The molecular formula is C11H16N2O2. The van der Waals surface area contributed by atoms with E-state index in [1.54, 1.807) is 12.4 Å². The third-order valence-corrected chi connectivity index (χ3v) is 2.97. The number of hydrogen-bond acceptors (Lipinski definition) is 4. The molecule has 82 valence electrons. The molecule has 2 heterocycles. The first kappa shape index (κ1) is 10.5. The van der Waals surface area contributed by atoms with Gasteiger partial charge in [0.25, 0.3) is 0 Å². The minimum absolute atomic E-state index is 0.483. The molecule has 2 atom stereocenters. The van der Waals surface area contributed by atoms with Crippen molar-refractivity contribution in [3.63, 3.8) is 0 Å². The molecule has 1 fully saturated rings. The average molecular weight is 208 g/mol. The van der Waals surface area contributed by atoms with E-state index in [0.29, 0.717) is 0 Å². The Morgan fingerprint density at radius 2 is 2.13 bits per heavy atom. The molecule has 0 amide bonds. The van der Waals surface area contributed by atoms with Gasteiger partial charge in [-0.2, -0.15) is 0 Å². The normalized spacial score (nSPS) is 28.7. The van der Waals surface area contributed by atoms with E-state index in [9.17, 15) is 5.11 Å². The molecule has 0 radical (unpaired) electrons. The summed E-state index contributed by atoms with van der Waals surface area (Å²) < 4.78 is 5.68. The third kappa shape index (κ3) is 2.16. The molecule has 4 heteroatoms. The smallest absolute Gasteiger partial charge is 0.115 e. The van der Waals surface area contributed by atoms with Crippen molar-refractivity contribution in [1.29, 1.82) is 0 Å². The van der Waals surface area contributed by atoms with E-state index >= 15 is 0 Å². The fourth-order valence-electron chi connectivity index (χ4n) is 1.98. The van der Waals surface area contributed by atoms with Crippen molar-refractivity contribution in [2.75, 3.05) is 6.61 Å². The molecule has 1 N–H and O–H groups in total. The molecule has 2 unspecified atom stereocenters. The van der Waals surface area contributed by atoms with Crippen molar-refractivity contribution in [3.8, 4) is 0 Å². The predicted molar refractivity (Wildman–Crippen MR) is 55.2 cm³/mol. The Bertz CT molecular complexity index is 310. The van der Waals surface area contributed by atoms with Gasteiger partial charge in [0.05, 0.1) is 5.60 Å². The topological polar surface area (TPSA) is 55.2 Å². The summed E-state index contributed by atoms with van der Waals surface area (Å²) in [6.07, 6.45) is 7.15. The molecule has 0 spiro atoms. The SMILES string of the molecule is CC1(C(O)c2cncnc2)CCCCO1. The van der Waals surface area contributed by atoms with Crippen LogP contribution in [0.25, 0.3) is 0 Å². The fourth-order valence-corrected chi connectivity index (χ4v) is 1.98. The summed E-state index contributed by atoms with van der Waals surface area (Å²) in [6.45, 7) is 2.67. The van der Waals surface area contributed by atoms with Gasteiger partial charge in [0.1, 0.15) is 12.4 Å². The lowest BCUT2D eigenvalue weighted by Gasteiger charge is -2.37. The first-order chi connectivity index (χ1) is 7.22. The van der Waals surface area contributed by atoms with Crippen LogP contribution in [0.2, 0.25) is 0 Å². The van der Waals surface area contributed by atoms with Crippen LogP contribution in [0.1, 0.15) is 37.9 Å². The van der Waals surface area contributed by atoms with Gasteiger partial charge in [-0.25, -0.2) is 9.97 Å². The molecule has 1 aromatic rings. The quantitative estimate of drug-likeness (QED) is 0.799. The van der Waals surface area contributed by atoms with Crippen LogP contribution in [-0.4, -0.2) is 27.3 Å². The van der Waals surface area contributed by atoms with Gasteiger partial charge in [-0.15, -0.1) is 0 Å². The monoisotopic (exact) mass is 208 g/mol. The van der Waals surface area contributed by atoms with Crippen LogP contribution in [0.15, 0.2) is 18.7 Å². The summed E-state index contributed by atoms with van der Waals surface area (Å²) >= 11 is 0. The van der Waals surface area contributed by atoms with E-state index in [0.717, 1.165) is 31.4 Å². The molecule has 0 aliphatic carbocycles. The van der Waals surface area contributed by atoms with Gasteiger partial charge in [0.15, 0.2) is 0 Å². The van der Waals surface area contributed by atoms with Gasteiger partial charge >= 0.3 is 0 Å². The maximum Gasteiger partial charge on any atom is 0.115 e. The van der Waals surface area contributed by atoms with E-state index in [-0.39, 0.29) is 0 Å². The molecule has 1 aliphatic heterocycles. The summed E-state index contributed by atoms with van der Waals surface area (Å²) in [5, 5.41) is 10.2. The Kier molecular flexibility index (Phi) is 2.98. The largest absolute Gasteiger partial charge is 0.385 e. The van der Waals surface area contributed by atoms with E-state index in [4.69, 9.17) is 4.74 Å². The van der Waals surface area contributed by atoms with Crippen molar-refractivity contribution in [1.82, 2.24) is 9.97 Å². The van der Waals surface area contributed by atoms with E-state index in [1.165, 1.54) is 6.33 Å². The van der Waals surface area contributed by atoms with Gasteiger partial charge < -0.3 is 9.84 Å². The van der Waals surface area contributed by atoms with Gasteiger partial charge in [-0.1, -0.05) is 0 Å². The van der Waals surface area contributed by atoms with Crippen molar-refractivity contribution >= 4 is 0 Å². The van der Waals surface area contributed by atoms with Crippen LogP contribution in [0, 0.1) is 0 Å². The number of aliphatic hydroxyl groups excluding tert-OH is 1. The maximum absolute atomic E-state index is 10.2. The van der Waals surface area contributed by atoms with Gasteiger partial charge in [0, 0.05) is 24.6 Å². The molecule has 1 saturated heterocycles. The van der Waals surface area contributed by atoms with Crippen LogP contribution in [0.5, 0.6) is 0 Å².